The number of aromatic nitrogens is 2. The molecule has 0 spiro atoms. The van der Waals surface area contributed by atoms with E-state index < -0.39 is 47.1 Å². The molecule has 1 aromatic rings. The number of nitrogens with zero attached hydrogens (tertiary/aromatic N) is 3. The molecule has 11 nitrogen and oxygen atoms in total. The Morgan fingerprint density at radius 1 is 0.938 bits per heavy atom. The van der Waals surface area contributed by atoms with Crippen molar-refractivity contribution in [3.05, 3.63) is 24.3 Å². The highest BCUT2D eigenvalue weighted by Gasteiger charge is 2.47. The fraction of sp³-hybridized carbons (Fsp3) is 0.730. The third kappa shape index (κ3) is 9.56. The van der Waals surface area contributed by atoms with E-state index in [9.17, 15) is 28.8 Å². The van der Waals surface area contributed by atoms with Gasteiger partial charge in [-0.15, -0.1) is 0 Å². The van der Waals surface area contributed by atoms with Gasteiger partial charge in [0.15, 0.2) is 11.6 Å². The van der Waals surface area contributed by atoms with E-state index in [1.165, 1.54) is 18.6 Å². The van der Waals surface area contributed by atoms with E-state index in [1.54, 1.807) is 4.90 Å². The summed E-state index contributed by atoms with van der Waals surface area (Å²) in [5.74, 6) is -2.92. The summed E-state index contributed by atoms with van der Waals surface area (Å²) in [6.07, 6.45) is 13.3. The lowest BCUT2D eigenvalue weighted by molar-refractivity contribution is -0.145. The zero-order valence-corrected chi connectivity index (χ0v) is 29.5. The van der Waals surface area contributed by atoms with Crippen LogP contribution in [0.15, 0.2) is 18.6 Å². The first kappa shape index (κ1) is 37.3. The summed E-state index contributed by atoms with van der Waals surface area (Å²) >= 11 is 0. The van der Waals surface area contributed by atoms with Gasteiger partial charge in [-0.05, 0) is 61.7 Å². The monoisotopic (exact) mass is 665 g/mol. The minimum absolute atomic E-state index is 0.0707. The van der Waals surface area contributed by atoms with Gasteiger partial charge >= 0.3 is 0 Å². The second-order valence-corrected chi connectivity index (χ2v) is 15.3. The molecule has 3 amide bonds. The highest BCUT2D eigenvalue weighted by atomic mass is 16.2. The van der Waals surface area contributed by atoms with Crippen LogP contribution in [0.5, 0.6) is 0 Å². The molecule has 0 bridgehead atoms. The van der Waals surface area contributed by atoms with Crippen molar-refractivity contribution in [3.63, 3.8) is 0 Å². The number of likely N-dealkylation sites (tertiary alicyclic amines) is 1. The van der Waals surface area contributed by atoms with E-state index in [0.29, 0.717) is 32.2 Å². The van der Waals surface area contributed by atoms with Crippen LogP contribution in [0.2, 0.25) is 0 Å². The van der Waals surface area contributed by atoms with Crippen LogP contribution in [-0.2, 0) is 24.0 Å². The number of nitrogens with one attached hydrogen (secondary N) is 2. The maximum Gasteiger partial charge on any atom is 0.272 e. The Kier molecular flexibility index (Phi) is 13.0. The largest absolute Gasteiger partial charge is 0.342 e. The molecule has 1 aromatic heterocycles. The van der Waals surface area contributed by atoms with Crippen LogP contribution in [0.1, 0.15) is 129 Å². The molecule has 5 atom stereocenters. The molecule has 1 saturated heterocycles. The summed E-state index contributed by atoms with van der Waals surface area (Å²) in [6.45, 7) is 9.89. The van der Waals surface area contributed by atoms with E-state index in [1.807, 2.05) is 34.6 Å². The number of Topliss-reactive ketones (excluding diaryl/α,β-unsaturated/α-hetero) is 3. The first-order valence-electron chi connectivity index (χ1n) is 18.1. The van der Waals surface area contributed by atoms with Crippen molar-refractivity contribution < 1.29 is 28.8 Å². The van der Waals surface area contributed by atoms with Gasteiger partial charge in [0.25, 0.3) is 5.91 Å². The predicted molar refractivity (Wildman–Crippen MR) is 181 cm³/mol. The fourth-order valence-electron chi connectivity index (χ4n) is 7.46. The summed E-state index contributed by atoms with van der Waals surface area (Å²) in [4.78, 5) is 91.3. The summed E-state index contributed by atoms with van der Waals surface area (Å²) in [7, 11) is 0. The minimum atomic E-state index is -0.969. The van der Waals surface area contributed by atoms with E-state index in [-0.39, 0.29) is 53.8 Å². The summed E-state index contributed by atoms with van der Waals surface area (Å²) in [5, 5.41) is 5.90. The quantitative estimate of drug-likeness (QED) is 0.242. The van der Waals surface area contributed by atoms with Crippen LogP contribution in [0.25, 0.3) is 0 Å². The van der Waals surface area contributed by atoms with Crippen LogP contribution >= 0.6 is 0 Å². The molecule has 0 aromatic carbocycles. The number of hydrogen-bond acceptors (Lipinski definition) is 8. The number of rotatable bonds is 16. The van der Waals surface area contributed by atoms with E-state index in [4.69, 9.17) is 0 Å². The molecule has 2 saturated carbocycles. The molecule has 3 aliphatic rings. The Morgan fingerprint density at radius 3 is 2.23 bits per heavy atom. The first-order valence-corrected chi connectivity index (χ1v) is 18.1. The van der Waals surface area contributed by atoms with Gasteiger partial charge < -0.3 is 15.5 Å². The second kappa shape index (κ2) is 16.7. The van der Waals surface area contributed by atoms with Gasteiger partial charge in [0.05, 0.1) is 12.2 Å². The zero-order valence-electron chi connectivity index (χ0n) is 29.5. The average molecular weight is 666 g/mol. The van der Waals surface area contributed by atoms with Gasteiger partial charge in [-0.3, -0.25) is 33.8 Å². The van der Waals surface area contributed by atoms with Crippen LogP contribution in [0.4, 0.5) is 0 Å². The Labute approximate surface area is 285 Å². The molecule has 48 heavy (non-hydrogen) atoms. The summed E-state index contributed by atoms with van der Waals surface area (Å²) in [6, 6.07) is -2.57. The highest BCUT2D eigenvalue weighted by molar-refractivity contribution is 6.38. The van der Waals surface area contributed by atoms with Crippen molar-refractivity contribution in [1.29, 1.82) is 0 Å². The van der Waals surface area contributed by atoms with Gasteiger partial charge in [0.1, 0.15) is 17.8 Å². The molecule has 1 aliphatic heterocycles. The van der Waals surface area contributed by atoms with Crippen LogP contribution in [0.3, 0.4) is 0 Å². The van der Waals surface area contributed by atoms with Crippen molar-refractivity contribution in [2.24, 2.45) is 29.1 Å². The van der Waals surface area contributed by atoms with E-state index in [0.717, 1.165) is 44.9 Å². The van der Waals surface area contributed by atoms with Gasteiger partial charge in [-0.1, -0.05) is 66.7 Å². The highest BCUT2D eigenvalue weighted by Crippen LogP contribution is 2.35. The number of amides is 3. The Bertz CT molecular complexity index is 1320. The minimum Gasteiger partial charge on any atom is -0.342 e. The standard InChI is InChI=1S/C37H55N5O6/c1-6-11-26(32(45)29(44)20-23-14-15-23)21-28(43)31-24(7-2)16-19-42(31)36(48)33(37(3,4)5)41-35(47)30(25-12-9-8-10-13-25)40-34(46)27-22-38-17-18-39-27/h17-18,22-26,30-31,33H,6-16,19-21H2,1-5H3,(H,40,46)(H,41,47)/t24-,26?,30-,31-,33+/m0/s1. The third-order valence-electron chi connectivity index (χ3n) is 10.4. The average Bonchev–Trinajstić information content (AvgIpc) is 3.78. The van der Waals surface area contributed by atoms with Gasteiger partial charge in [-0.25, -0.2) is 4.98 Å². The molecule has 1 unspecified atom stereocenters. The normalized spacial score (nSPS) is 22.0. The molecule has 11 heteroatoms. The molecule has 2 N–H and O–H groups in total. The van der Waals surface area contributed by atoms with Gasteiger partial charge in [-0.2, -0.15) is 0 Å². The molecular weight excluding hydrogens is 610 g/mol. The van der Waals surface area contributed by atoms with Gasteiger partial charge in [0, 0.05) is 37.7 Å². The van der Waals surface area contributed by atoms with Crippen molar-refractivity contribution in [3.8, 4) is 0 Å². The smallest absolute Gasteiger partial charge is 0.272 e. The van der Waals surface area contributed by atoms with E-state index >= 15 is 0 Å². The lowest BCUT2D eigenvalue weighted by atomic mass is 9.81. The number of hydrogen-bond donors (Lipinski definition) is 2. The Morgan fingerprint density at radius 2 is 1.65 bits per heavy atom. The lowest BCUT2D eigenvalue weighted by Crippen LogP contribution is -2.61. The molecule has 3 fully saturated rings. The second-order valence-electron chi connectivity index (χ2n) is 15.3. The molecule has 264 valence electrons. The van der Waals surface area contributed by atoms with E-state index in [2.05, 4.69) is 20.6 Å². The van der Waals surface area contributed by atoms with Crippen molar-refractivity contribution in [2.75, 3.05) is 6.54 Å². The van der Waals surface area contributed by atoms with Crippen LogP contribution in [0, 0.1) is 29.1 Å². The summed E-state index contributed by atoms with van der Waals surface area (Å²) < 4.78 is 0. The van der Waals surface area contributed by atoms with Crippen molar-refractivity contribution >= 4 is 35.1 Å². The number of ketones is 3. The van der Waals surface area contributed by atoms with Gasteiger partial charge in [0.2, 0.25) is 17.6 Å². The SMILES string of the molecule is CCCC(CC(=O)[C@@H]1[C@@H](CC)CCN1C(=O)[C@@H](NC(=O)[C@@H](NC(=O)c1cnccn1)C1CCCCC1)C(C)(C)C)C(=O)C(=O)CC1CC1. The molecule has 0 radical (unpaired) electrons. The number of carbonyl (C=O) groups is 6. The molecule has 4 rings (SSSR count). The maximum atomic E-state index is 14.5. The van der Waals surface area contributed by atoms with Crippen molar-refractivity contribution in [1.82, 2.24) is 25.5 Å². The Hall–Kier alpha value is -3.50. The van der Waals surface area contributed by atoms with Crippen LogP contribution in [-0.4, -0.2) is 74.6 Å². The number of carbonyl (C=O) groups excluding carboxylic acids is 6. The third-order valence-corrected chi connectivity index (χ3v) is 10.4. The fourth-order valence-corrected chi connectivity index (χ4v) is 7.46. The molecule has 2 heterocycles. The van der Waals surface area contributed by atoms with Crippen LogP contribution < -0.4 is 10.6 Å². The lowest BCUT2D eigenvalue weighted by Gasteiger charge is -2.38. The summed E-state index contributed by atoms with van der Waals surface area (Å²) in [5.41, 5.74) is -0.611. The molecular formula is C37H55N5O6. The topological polar surface area (TPSA) is 156 Å². The zero-order chi connectivity index (χ0) is 35.0. The first-order chi connectivity index (χ1) is 22.8. The maximum absolute atomic E-state index is 14.5. The predicted octanol–water partition coefficient (Wildman–Crippen LogP) is 4.63. The van der Waals surface area contributed by atoms with Crippen molar-refractivity contribution in [2.45, 2.75) is 136 Å². The molecule has 2 aliphatic carbocycles. The Balaban J connectivity index is 1.54.